The third-order valence-corrected chi connectivity index (χ3v) is 6.74. The molecule has 2 aromatic heterocycles. The van der Waals surface area contributed by atoms with Crippen molar-refractivity contribution in [3.05, 3.63) is 46.3 Å². The summed E-state index contributed by atoms with van der Waals surface area (Å²) in [6.07, 6.45) is 2.11. The zero-order valence-electron chi connectivity index (χ0n) is 14.7. The molecule has 7 heteroatoms. The molecule has 26 heavy (non-hydrogen) atoms. The minimum atomic E-state index is -0.393. The molecule has 1 unspecified atom stereocenters. The lowest BCUT2D eigenvalue weighted by atomic mass is 10.1. The Labute approximate surface area is 160 Å². The van der Waals surface area contributed by atoms with E-state index in [1.165, 1.54) is 16.6 Å². The number of thioether (sulfide) groups is 1. The van der Waals surface area contributed by atoms with Crippen LogP contribution in [0, 0.1) is 13.8 Å². The van der Waals surface area contributed by atoms with Crippen LogP contribution in [0.15, 0.2) is 35.5 Å². The zero-order valence-corrected chi connectivity index (χ0v) is 16.3. The number of nitrogen functional groups attached to an aromatic ring is 1. The quantitative estimate of drug-likeness (QED) is 0.513. The van der Waals surface area contributed by atoms with Gasteiger partial charge in [0.15, 0.2) is 5.16 Å². The summed E-state index contributed by atoms with van der Waals surface area (Å²) in [7, 11) is 0. The number of rotatable bonds is 5. The van der Waals surface area contributed by atoms with Crippen LogP contribution >= 0.6 is 23.1 Å². The lowest BCUT2D eigenvalue weighted by Gasteiger charge is -2.16. The number of aryl methyl sites for hydroxylation is 2. The standard InChI is InChI=1S/C19H20N4OS2/c1-10-11(2)25-18-14(10)16(20)22-19(23-18)26-15(12-6-4-3-5-7-12)17(24)21-13-8-9-13/h3-7,13,15H,8-9H2,1-2H3,(H,21,24)(H2,20,22,23). The van der Waals surface area contributed by atoms with Crippen molar-refractivity contribution in [3.63, 3.8) is 0 Å². The molecular weight excluding hydrogens is 364 g/mol. The number of nitrogens with one attached hydrogen (secondary N) is 1. The van der Waals surface area contributed by atoms with Gasteiger partial charge in [0.1, 0.15) is 15.9 Å². The molecule has 0 spiro atoms. The number of nitrogens with two attached hydrogens (primary N) is 1. The highest BCUT2D eigenvalue weighted by Gasteiger charge is 2.30. The van der Waals surface area contributed by atoms with Gasteiger partial charge < -0.3 is 11.1 Å². The maximum atomic E-state index is 12.8. The fourth-order valence-electron chi connectivity index (χ4n) is 2.82. The predicted octanol–water partition coefficient (Wildman–Crippen LogP) is 4.00. The summed E-state index contributed by atoms with van der Waals surface area (Å²) in [5.41, 5.74) is 8.27. The molecule has 0 aliphatic heterocycles. The molecule has 0 radical (unpaired) electrons. The van der Waals surface area contributed by atoms with Crippen molar-refractivity contribution in [3.8, 4) is 0 Å². The average Bonchev–Trinajstić information content (AvgIpc) is 3.38. The molecule has 2 heterocycles. The van der Waals surface area contributed by atoms with E-state index in [1.807, 2.05) is 37.3 Å². The molecule has 134 valence electrons. The monoisotopic (exact) mass is 384 g/mol. The highest BCUT2D eigenvalue weighted by atomic mass is 32.2. The van der Waals surface area contributed by atoms with Gasteiger partial charge in [0.2, 0.25) is 5.91 Å². The Bertz CT molecular complexity index is 967. The van der Waals surface area contributed by atoms with Gasteiger partial charge in [0.25, 0.3) is 0 Å². The van der Waals surface area contributed by atoms with E-state index in [4.69, 9.17) is 5.73 Å². The Hall–Kier alpha value is -2.12. The number of benzene rings is 1. The minimum Gasteiger partial charge on any atom is -0.383 e. The van der Waals surface area contributed by atoms with Crippen LogP contribution in [0.4, 0.5) is 5.82 Å². The van der Waals surface area contributed by atoms with Crippen molar-refractivity contribution in [1.29, 1.82) is 0 Å². The number of amides is 1. The van der Waals surface area contributed by atoms with Crippen LogP contribution in [0.2, 0.25) is 0 Å². The Kier molecular flexibility index (Phi) is 4.58. The number of aromatic nitrogens is 2. The summed E-state index contributed by atoms with van der Waals surface area (Å²) >= 11 is 2.97. The van der Waals surface area contributed by atoms with Crippen molar-refractivity contribution < 1.29 is 4.79 Å². The first kappa shape index (κ1) is 17.3. The number of nitrogens with zero attached hydrogens (tertiary/aromatic N) is 2. The molecule has 1 saturated carbocycles. The van der Waals surface area contributed by atoms with E-state index in [1.54, 1.807) is 11.3 Å². The van der Waals surface area contributed by atoms with Crippen molar-refractivity contribution in [2.45, 2.75) is 43.1 Å². The van der Waals surface area contributed by atoms with Gasteiger partial charge in [0, 0.05) is 10.9 Å². The number of carbonyl (C=O) groups excluding carboxylic acids is 1. The van der Waals surface area contributed by atoms with Crippen LogP contribution in [0.25, 0.3) is 10.2 Å². The van der Waals surface area contributed by atoms with E-state index in [-0.39, 0.29) is 5.91 Å². The molecule has 0 saturated heterocycles. The molecule has 1 amide bonds. The summed E-state index contributed by atoms with van der Waals surface area (Å²) in [5.74, 6) is 0.485. The maximum absolute atomic E-state index is 12.8. The molecule has 1 aliphatic carbocycles. The molecule has 1 aliphatic rings. The largest absolute Gasteiger partial charge is 0.383 e. The van der Waals surface area contributed by atoms with Crippen molar-refractivity contribution in [2.75, 3.05) is 5.73 Å². The fraction of sp³-hybridized carbons (Fsp3) is 0.316. The van der Waals surface area contributed by atoms with Gasteiger partial charge >= 0.3 is 0 Å². The predicted molar refractivity (Wildman–Crippen MR) is 108 cm³/mol. The van der Waals surface area contributed by atoms with E-state index in [2.05, 4.69) is 22.2 Å². The second-order valence-electron chi connectivity index (χ2n) is 6.55. The first-order valence-corrected chi connectivity index (χ1v) is 10.3. The van der Waals surface area contributed by atoms with Gasteiger partial charge in [-0.1, -0.05) is 42.1 Å². The number of carbonyl (C=O) groups is 1. The SMILES string of the molecule is Cc1sc2nc(SC(C(=O)NC3CC3)c3ccccc3)nc(N)c2c1C. The molecule has 4 rings (SSSR count). The molecule has 1 aromatic carbocycles. The van der Waals surface area contributed by atoms with E-state index < -0.39 is 5.25 Å². The molecule has 0 bridgehead atoms. The topological polar surface area (TPSA) is 80.9 Å². The van der Waals surface area contributed by atoms with Crippen LogP contribution in [-0.4, -0.2) is 21.9 Å². The fourth-order valence-corrected chi connectivity index (χ4v) is 4.89. The summed E-state index contributed by atoms with van der Waals surface area (Å²) in [6.45, 7) is 4.10. The molecular formula is C19H20N4OS2. The summed E-state index contributed by atoms with van der Waals surface area (Å²) < 4.78 is 0. The highest BCUT2D eigenvalue weighted by Crippen LogP contribution is 2.38. The first-order valence-electron chi connectivity index (χ1n) is 8.58. The summed E-state index contributed by atoms with van der Waals surface area (Å²) in [4.78, 5) is 24.0. The normalized spacial score (nSPS) is 15.2. The molecule has 3 aromatic rings. The molecule has 5 nitrogen and oxygen atoms in total. The Morgan fingerprint density at radius 3 is 2.69 bits per heavy atom. The summed E-state index contributed by atoms with van der Waals surface area (Å²) in [5, 5.41) is 4.17. The minimum absolute atomic E-state index is 0.00418. The Morgan fingerprint density at radius 2 is 2.00 bits per heavy atom. The van der Waals surface area contributed by atoms with Crippen LogP contribution < -0.4 is 11.1 Å². The van der Waals surface area contributed by atoms with E-state index in [0.717, 1.165) is 34.2 Å². The summed E-state index contributed by atoms with van der Waals surface area (Å²) in [6, 6.07) is 10.1. The van der Waals surface area contributed by atoms with Crippen molar-refractivity contribution in [2.24, 2.45) is 0 Å². The van der Waals surface area contributed by atoms with Gasteiger partial charge in [0.05, 0.1) is 5.39 Å². The lowest BCUT2D eigenvalue weighted by Crippen LogP contribution is -2.29. The van der Waals surface area contributed by atoms with Gasteiger partial charge in [-0.15, -0.1) is 11.3 Å². The molecule has 1 fully saturated rings. The molecule has 1 atom stereocenters. The third kappa shape index (κ3) is 3.41. The number of hydrogen-bond acceptors (Lipinski definition) is 6. The van der Waals surface area contributed by atoms with Gasteiger partial charge in [-0.25, -0.2) is 9.97 Å². The van der Waals surface area contributed by atoms with E-state index in [0.29, 0.717) is 17.0 Å². The van der Waals surface area contributed by atoms with E-state index in [9.17, 15) is 4.79 Å². The number of anilines is 1. The smallest absolute Gasteiger partial charge is 0.238 e. The van der Waals surface area contributed by atoms with Crippen molar-refractivity contribution >= 4 is 45.0 Å². The third-order valence-electron chi connectivity index (χ3n) is 4.52. The number of fused-ring (bicyclic) bond motifs is 1. The van der Waals surface area contributed by atoms with Gasteiger partial charge in [-0.2, -0.15) is 0 Å². The lowest BCUT2D eigenvalue weighted by molar-refractivity contribution is -0.120. The van der Waals surface area contributed by atoms with Gasteiger partial charge in [-0.3, -0.25) is 4.79 Å². The maximum Gasteiger partial charge on any atom is 0.238 e. The van der Waals surface area contributed by atoms with Crippen LogP contribution in [0.1, 0.15) is 34.1 Å². The van der Waals surface area contributed by atoms with E-state index >= 15 is 0 Å². The Balaban J connectivity index is 1.68. The number of thiophene rings is 1. The average molecular weight is 385 g/mol. The van der Waals surface area contributed by atoms with Crippen LogP contribution in [0.5, 0.6) is 0 Å². The van der Waals surface area contributed by atoms with Crippen LogP contribution in [0.3, 0.4) is 0 Å². The van der Waals surface area contributed by atoms with Gasteiger partial charge in [-0.05, 0) is 37.8 Å². The van der Waals surface area contributed by atoms with Crippen molar-refractivity contribution in [1.82, 2.24) is 15.3 Å². The number of hydrogen-bond donors (Lipinski definition) is 2. The zero-order chi connectivity index (χ0) is 18.3. The second kappa shape index (κ2) is 6.89. The molecule has 3 N–H and O–H groups in total. The Morgan fingerprint density at radius 1 is 1.27 bits per heavy atom. The van der Waals surface area contributed by atoms with Crippen LogP contribution in [-0.2, 0) is 4.79 Å². The first-order chi connectivity index (χ1) is 12.5. The highest BCUT2D eigenvalue weighted by molar-refractivity contribution is 8.00. The second-order valence-corrected chi connectivity index (χ2v) is 8.82.